The van der Waals surface area contributed by atoms with Crippen LogP contribution in [0.1, 0.15) is 51.4 Å². The zero-order valence-corrected chi connectivity index (χ0v) is 21.0. The van der Waals surface area contributed by atoms with Crippen LogP contribution >= 0.6 is 11.3 Å². The van der Waals surface area contributed by atoms with E-state index in [1.807, 2.05) is 73.3 Å². The summed E-state index contributed by atoms with van der Waals surface area (Å²) in [5.74, 6) is 0.813. The summed E-state index contributed by atoms with van der Waals surface area (Å²) in [7, 11) is 0. The van der Waals surface area contributed by atoms with E-state index in [1.165, 1.54) is 0 Å². The van der Waals surface area contributed by atoms with Crippen molar-refractivity contribution < 1.29 is 14.0 Å². The van der Waals surface area contributed by atoms with E-state index in [1.54, 1.807) is 11.3 Å². The predicted octanol–water partition coefficient (Wildman–Crippen LogP) is 5.84. The number of amides is 2. The van der Waals surface area contributed by atoms with Crippen molar-refractivity contribution in [2.24, 2.45) is 5.92 Å². The van der Waals surface area contributed by atoms with Gasteiger partial charge in [0.05, 0.1) is 21.5 Å². The van der Waals surface area contributed by atoms with Gasteiger partial charge in [-0.05, 0) is 56.4 Å². The summed E-state index contributed by atoms with van der Waals surface area (Å²) in [4.78, 5) is 34.4. The number of piperidine rings is 1. The van der Waals surface area contributed by atoms with Gasteiger partial charge in [0.2, 0.25) is 0 Å². The van der Waals surface area contributed by atoms with Crippen LogP contribution in [-0.2, 0) is 0 Å². The number of carbonyl (C=O) groups excluding carboxylic acids is 2. The predicted molar refractivity (Wildman–Crippen MR) is 139 cm³/mol. The minimum Gasteiger partial charge on any atom is -0.461 e. The monoisotopic (exact) mass is 487 g/mol. The van der Waals surface area contributed by atoms with Crippen molar-refractivity contribution >= 4 is 34.1 Å². The van der Waals surface area contributed by atoms with E-state index in [4.69, 9.17) is 4.42 Å². The maximum absolute atomic E-state index is 13.8. The Labute approximate surface area is 209 Å². The summed E-state index contributed by atoms with van der Waals surface area (Å²) in [6.45, 7) is 7.01. The summed E-state index contributed by atoms with van der Waals surface area (Å²) in [5, 5.41) is 4.77. The molecule has 2 amide bonds. The van der Waals surface area contributed by atoms with E-state index in [0.717, 1.165) is 39.4 Å². The molecule has 0 aliphatic carbocycles. The van der Waals surface area contributed by atoms with Crippen LogP contribution in [0.15, 0.2) is 59.0 Å². The van der Waals surface area contributed by atoms with Crippen molar-refractivity contribution in [2.75, 3.05) is 13.1 Å². The molecule has 1 fully saturated rings. The summed E-state index contributed by atoms with van der Waals surface area (Å²) in [5.41, 5.74) is 2.79. The first-order valence-electron chi connectivity index (χ1n) is 12.0. The zero-order chi connectivity index (χ0) is 24.5. The molecule has 2 aromatic carbocycles. The van der Waals surface area contributed by atoms with Gasteiger partial charge in [-0.2, -0.15) is 0 Å². The number of furan rings is 1. The lowest BCUT2D eigenvalue weighted by Crippen LogP contribution is -2.53. The Morgan fingerprint density at radius 1 is 1.14 bits per heavy atom. The minimum absolute atomic E-state index is 0.0634. The first-order valence-corrected chi connectivity index (χ1v) is 12.8. The molecule has 6 nitrogen and oxygen atoms in total. The van der Waals surface area contributed by atoms with E-state index in [0.29, 0.717) is 29.9 Å². The van der Waals surface area contributed by atoms with Gasteiger partial charge in [-0.15, -0.1) is 11.3 Å². The molecular weight excluding hydrogens is 458 g/mol. The molecule has 0 radical (unpaired) electrons. The molecule has 1 saturated heterocycles. The highest BCUT2D eigenvalue weighted by Gasteiger charge is 2.35. The molecule has 1 aliphatic heterocycles. The second kappa shape index (κ2) is 9.66. The highest BCUT2D eigenvalue weighted by Crippen LogP contribution is 2.33. The largest absolute Gasteiger partial charge is 0.461 e. The molecule has 7 heteroatoms. The fourth-order valence-corrected chi connectivity index (χ4v) is 5.90. The average Bonchev–Trinajstić information content (AvgIpc) is 3.44. The van der Waals surface area contributed by atoms with Gasteiger partial charge >= 0.3 is 0 Å². The Balaban J connectivity index is 1.38. The molecule has 0 bridgehead atoms. The molecule has 2 atom stereocenters. The maximum atomic E-state index is 13.8. The van der Waals surface area contributed by atoms with Crippen LogP contribution in [0.25, 0.3) is 21.4 Å². The fourth-order valence-electron chi connectivity index (χ4n) is 4.98. The third-order valence-corrected chi connectivity index (χ3v) is 7.77. The van der Waals surface area contributed by atoms with E-state index in [2.05, 4.69) is 17.2 Å². The average molecular weight is 488 g/mol. The van der Waals surface area contributed by atoms with Crippen LogP contribution in [0, 0.1) is 19.8 Å². The van der Waals surface area contributed by atoms with E-state index in [9.17, 15) is 9.59 Å². The maximum Gasteiger partial charge on any atom is 0.274 e. The van der Waals surface area contributed by atoms with E-state index in [-0.39, 0.29) is 23.8 Å². The Hall–Kier alpha value is -3.45. The van der Waals surface area contributed by atoms with Crippen LogP contribution in [0.5, 0.6) is 0 Å². The number of aryl methyl sites for hydroxylation is 2. The van der Waals surface area contributed by atoms with E-state index < -0.39 is 0 Å². The highest BCUT2D eigenvalue weighted by molar-refractivity contribution is 7.15. The molecule has 5 rings (SSSR count). The molecule has 35 heavy (non-hydrogen) atoms. The lowest BCUT2D eigenvalue weighted by atomic mass is 9.90. The van der Waals surface area contributed by atoms with Gasteiger partial charge in [0.25, 0.3) is 11.8 Å². The second-order valence-electron chi connectivity index (χ2n) is 9.25. The lowest BCUT2D eigenvalue weighted by Gasteiger charge is -2.40. The number of carbonyl (C=O) groups is 2. The van der Waals surface area contributed by atoms with Gasteiger partial charge in [-0.25, -0.2) is 4.98 Å². The lowest BCUT2D eigenvalue weighted by molar-refractivity contribution is 0.0503. The van der Waals surface area contributed by atoms with Crippen molar-refractivity contribution in [2.45, 2.75) is 39.7 Å². The van der Waals surface area contributed by atoms with Gasteiger partial charge < -0.3 is 14.6 Å². The molecule has 3 heterocycles. The number of likely N-dealkylation sites (tertiary alicyclic amines) is 1. The van der Waals surface area contributed by atoms with Crippen molar-refractivity contribution in [3.8, 4) is 10.4 Å². The Morgan fingerprint density at radius 3 is 2.74 bits per heavy atom. The Kier molecular flexibility index (Phi) is 6.43. The van der Waals surface area contributed by atoms with Gasteiger partial charge in [-0.1, -0.05) is 43.3 Å². The number of rotatable bonds is 5. The van der Waals surface area contributed by atoms with E-state index >= 15 is 0 Å². The first kappa shape index (κ1) is 23.3. The van der Waals surface area contributed by atoms with Crippen LogP contribution < -0.4 is 5.32 Å². The summed E-state index contributed by atoms with van der Waals surface area (Å²) in [6.07, 6.45) is 1.96. The summed E-state index contributed by atoms with van der Waals surface area (Å²) in [6, 6.07) is 17.2. The van der Waals surface area contributed by atoms with Crippen molar-refractivity contribution in [3.05, 3.63) is 76.6 Å². The third kappa shape index (κ3) is 4.60. The number of hydrogen-bond acceptors (Lipinski definition) is 5. The van der Waals surface area contributed by atoms with Gasteiger partial charge in [0.15, 0.2) is 0 Å². The van der Waals surface area contributed by atoms with Gasteiger partial charge in [-0.3, -0.25) is 9.59 Å². The number of thiazole rings is 1. The van der Waals surface area contributed by atoms with Crippen LogP contribution in [0.4, 0.5) is 0 Å². The van der Waals surface area contributed by atoms with Crippen LogP contribution in [0.3, 0.4) is 0 Å². The first-order chi connectivity index (χ1) is 16.9. The van der Waals surface area contributed by atoms with Gasteiger partial charge in [0.1, 0.15) is 17.0 Å². The molecule has 4 aromatic rings. The Bertz CT molecular complexity index is 1370. The third-order valence-electron chi connectivity index (χ3n) is 6.75. The van der Waals surface area contributed by atoms with Crippen LogP contribution in [0.2, 0.25) is 0 Å². The number of benzene rings is 2. The molecule has 2 aromatic heterocycles. The molecule has 1 N–H and O–H groups in total. The number of hydrogen-bond donors (Lipinski definition) is 1. The van der Waals surface area contributed by atoms with Crippen molar-refractivity contribution in [1.29, 1.82) is 0 Å². The SMILES string of the molecule is Cc1cc2c(C(=O)NC[C@H]3[C@@H](C)CCCN3C(=O)c3nc(C)sc3-c3ccccc3)cccc2o1. The second-order valence-corrected chi connectivity index (χ2v) is 10.4. The molecule has 0 spiro atoms. The fraction of sp³-hybridized carbons (Fsp3) is 0.321. The smallest absolute Gasteiger partial charge is 0.274 e. The molecule has 1 aliphatic rings. The normalized spacial score (nSPS) is 18.1. The number of aromatic nitrogens is 1. The summed E-state index contributed by atoms with van der Waals surface area (Å²) >= 11 is 1.54. The molecule has 0 unspecified atom stereocenters. The quantitative estimate of drug-likeness (QED) is 0.383. The zero-order valence-electron chi connectivity index (χ0n) is 20.2. The molecule has 0 saturated carbocycles. The van der Waals surface area contributed by atoms with Crippen molar-refractivity contribution in [3.63, 3.8) is 0 Å². The topological polar surface area (TPSA) is 75.4 Å². The highest BCUT2D eigenvalue weighted by atomic mass is 32.1. The van der Waals surface area contributed by atoms with Crippen molar-refractivity contribution in [1.82, 2.24) is 15.2 Å². The number of nitrogens with zero attached hydrogens (tertiary/aromatic N) is 2. The molecular formula is C28H29N3O3S. The Morgan fingerprint density at radius 2 is 1.94 bits per heavy atom. The van der Waals surface area contributed by atoms with Gasteiger partial charge in [0, 0.05) is 18.5 Å². The number of nitrogens with one attached hydrogen (secondary N) is 1. The summed E-state index contributed by atoms with van der Waals surface area (Å²) < 4.78 is 5.68. The number of fused-ring (bicyclic) bond motifs is 1. The molecule has 180 valence electrons. The minimum atomic E-state index is -0.156. The van der Waals surface area contributed by atoms with Crippen LogP contribution in [-0.4, -0.2) is 40.8 Å². The standard InChI is InChI=1S/C28H29N3O3S/c1-17-9-8-14-31(28(33)25-26(35-19(3)30-25)20-10-5-4-6-11-20)23(17)16-29-27(32)21-12-7-13-24-22(21)15-18(2)34-24/h4-7,10-13,15,17,23H,8-9,14,16H2,1-3H3,(H,29,32)/t17-,23-/m0/s1.